The molecule has 14 heavy (non-hydrogen) atoms. The minimum absolute atomic E-state index is 0.444. The van der Waals surface area contributed by atoms with Crippen LogP contribution in [-0.4, -0.2) is 12.6 Å². The van der Waals surface area contributed by atoms with E-state index in [9.17, 15) is 0 Å². The largest absolute Gasteiger partial charge is 0.310 e. The maximum Gasteiger partial charge on any atom is 0.0135 e. The van der Waals surface area contributed by atoms with E-state index < -0.39 is 0 Å². The summed E-state index contributed by atoms with van der Waals surface area (Å²) in [6.45, 7) is 11.8. The monoisotopic (exact) mass is 195 g/mol. The molecule has 1 rings (SSSR count). The first-order chi connectivity index (χ1) is 6.55. The van der Waals surface area contributed by atoms with Crippen molar-refractivity contribution in [2.45, 2.75) is 52.5 Å². The number of hydrogen-bond acceptors (Lipinski definition) is 1. The molecule has 1 saturated carbocycles. The van der Waals surface area contributed by atoms with Crippen LogP contribution >= 0.6 is 0 Å². The zero-order valence-electron chi connectivity index (χ0n) is 9.97. The lowest BCUT2D eigenvalue weighted by atomic mass is 9.69. The molecule has 1 N–H and O–H groups in total. The molecule has 82 valence electrons. The topological polar surface area (TPSA) is 12.0 Å². The Bertz CT molecular complexity index is 178. The van der Waals surface area contributed by atoms with Crippen LogP contribution in [0.3, 0.4) is 0 Å². The second-order valence-electron chi connectivity index (χ2n) is 5.56. The zero-order valence-corrected chi connectivity index (χ0v) is 9.97. The van der Waals surface area contributed by atoms with Gasteiger partial charge in [0.25, 0.3) is 0 Å². The van der Waals surface area contributed by atoms with Crippen molar-refractivity contribution in [2.24, 2.45) is 11.3 Å². The van der Waals surface area contributed by atoms with Gasteiger partial charge in [-0.05, 0) is 24.2 Å². The van der Waals surface area contributed by atoms with Crippen LogP contribution < -0.4 is 5.32 Å². The van der Waals surface area contributed by atoms with E-state index in [4.69, 9.17) is 0 Å². The van der Waals surface area contributed by atoms with Crippen LogP contribution in [0.25, 0.3) is 0 Å². The first-order valence-electron chi connectivity index (χ1n) is 5.90. The maximum atomic E-state index is 3.77. The molecule has 2 atom stereocenters. The fourth-order valence-corrected chi connectivity index (χ4v) is 2.65. The first kappa shape index (κ1) is 11.8. The smallest absolute Gasteiger partial charge is 0.0135 e. The van der Waals surface area contributed by atoms with Crippen LogP contribution in [0.1, 0.15) is 46.5 Å². The van der Waals surface area contributed by atoms with E-state index in [2.05, 4.69) is 32.7 Å². The Hall–Kier alpha value is -0.300. The second-order valence-corrected chi connectivity index (χ2v) is 5.56. The Morgan fingerprint density at radius 1 is 1.29 bits per heavy atom. The standard InChI is InChI=1S/C13H25N/c1-5-10-14-12-9-7-6-8-11(12)13(2,3)4/h5,11-12,14H,1,6-10H2,2-4H3. The number of nitrogens with one attached hydrogen (secondary N) is 1. The molecule has 0 aromatic rings. The Labute approximate surface area is 89.0 Å². The maximum absolute atomic E-state index is 3.77. The molecule has 0 aliphatic heterocycles. The molecule has 1 fully saturated rings. The van der Waals surface area contributed by atoms with Crippen LogP contribution in [0.2, 0.25) is 0 Å². The van der Waals surface area contributed by atoms with E-state index in [0.29, 0.717) is 11.5 Å². The summed E-state index contributed by atoms with van der Waals surface area (Å²) in [4.78, 5) is 0. The van der Waals surface area contributed by atoms with Gasteiger partial charge in [-0.3, -0.25) is 0 Å². The third-order valence-corrected chi connectivity index (χ3v) is 3.40. The lowest BCUT2D eigenvalue weighted by Crippen LogP contribution is -2.44. The summed E-state index contributed by atoms with van der Waals surface area (Å²) in [5.41, 5.74) is 0.444. The van der Waals surface area contributed by atoms with Gasteiger partial charge in [-0.25, -0.2) is 0 Å². The normalized spacial score (nSPS) is 28.8. The molecule has 1 heteroatoms. The summed E-state index contributed by atoms with van der Waals surface area (Å²) in [7, 11) is 0. The Morgan fingerprint density at radius 2 is 1.93 bits per heavy atom. The van der Waals surface area contributed by atoms with Gasteiger partial charge in [-0.15, -0.1) is 6.58 Å². The van der Waals surface area contributed by atoms with Crippen molar-refractivity contribution in [1.29, 1.82) is 0 Å². The molecule has 0 aromatic heterocycles. The molecule has 0 aromatic carbocycles. The van der Waals surface area contributed by atoms with E-state index in [-0.39, 0.29) is 0 Å². The molecule has 0 amide bonds. The molecular weight excluding hydrogens is 170 g/mol. The van der Waals surface area contributed by atoms with Crippen molar-refractivity contribution >= 4 is 0 Å². The third kappa shape index (κ3) is 3.13. The molecule has 0 heterocycles. The summed E-state index contributed by atoms with van der Waals surface area (Å²) in [5, 5.41) is 3.61. The van der Waals surface area contributed by atoms with E-state index in [1.807, 2.05) is 6.08 Å². The summed E-state index contributed by atoms with van der Waals surface area (Å²) in [6.07, 6.45) is 7.50. The minimum atomic E-state index is 0.444. The van der Waals surface area contributed by atoms with Gasteiger partial charge < -0.3 is 5.32 Å². The van der Waals surface area contributed by atoms with Crippen molar-refractivity contribution in [1.82, 2.24) is 5.32 Å². The predicted molar refractivity (Wildman–Crippen MR) is 63.4 cm³/mol. The molecule has 2 unspecified atom stereocenters. The Morgan fingerprint density at radius 3 is 2.50 bits per heavy atom. The summed E-state index contributed by atoms with van der Waals surface area (Å²) in [5.74, 6) is 0.830. The molecule has 1 aliphatic rings. The number of rotatable bonds is 3. The van der Waals surface area contributed by atoms with Crippen molar-refractivity contribution in [2.75, 3.05) is 6.54 Å². The third-order valence-electron chi connectivity index (χ3n) is 3.40. The highest BCUT2D eigenvalue weighted by molar-refractivity contribution is 4.89. The average Bonchev–Trinajstić information content (AvgIpc) is 2.14. The zero-order chi connectivity index (χ0) is 10.6. The Balaban J connectivity index is 2.54. The van der Waals surface area contributed by atoms with Crippen LogP contribution in [0.5, 0.6) is 0 Å². The summed E-state index contributed by atoms with van der Waals surface area (Å²) < 4.78 is 0. The fourth-order valence-electron chi connectivity index (χ4n) is 2.65. The lowest BCUT2D eigenvalue weighted by molar-refractivity contribution is 0.133. The van der Waals surface area contributed by atoms with Gasteiger partial charge in [0.2, 0.25) is 0 Å². The van der Waals surface area contributed by atoms with Crippen LogP contribution in [0.4, 0.5) is 0 Å². The molecule has 1 aliphatic carbocycles. The van der Waals surface area contributed by atoms with Gasteiger partial charge in [-0.1, -0.05) is 39.7 Å². The average molecular weight is 195 g/mol. The van der Waals surface area contributed by atoms with Crippen molar-refractivity contribution < 1.29 is 0 Å². The summed E-state index contributed by atoms with van der Waals surface area (Å²) >= 11 is 0. The highest BCUT2D eigenvalue weighted by atomic mass is 14.9. The first-order valence-corrected chi connectivity index (χ1v) is 5.90. The van der Waals surface area contributed by atoms with Gasteiger partial charge in [-0.2, -0.15) is 0 Å². The highest BCUT2D eigenvalue weighted by Crippen LogP contribution is 2.37. The molecule has 0 spiro atoms. The fraction of sp³-hybridized carbons (Fsp3) is 0.846. The van der Waals surface area contributed by atoms with Gasteiger partial charge in [0, 0.05) is 12.6 Å². The van der Waals surface area contributed by atoms with Crippen LogP contribution in [-0.2, 0) is 0 Å². The molecule has 0 saturated heterocycles. The van der Waals surface area contributed by atoms with E-state index in [1.54, 1.807) is 0 Å². The summed E-state index contributed by atoms with van der Waals surface area (Å²) in [6, 6.07) is 0.710. The Kier molecular flexibility index (Phi) is 4.18. The highest BCUT2D eigenvalue weighted by Gasteiger charge is 2.33. The van der Waals surface area contributed by atoms with E-state index >= 15 is 0 Å². The molecular formula is C13H25N. The van der Waals surface area contributed by atoms with Gasteiger partial charge in [0.05, 0.1) is 0 Å². The van der Waals surface area contributed by atoms with Gasteiger partial charge in [0.15, 0.2) is 0 Å². The molecule has 0 radical (unpaired) electrons. The minimum Gasteiger partial charge on any atom is -0.310 e. The quantitative estimate of drug-likeness (QED) is 0.681. The van der Waals surface area contributed by atoms with Gasteiger partial charge in [0.1, 0.15) is 0 Å². The lowest BCUT2D eigenvalue weighted by Gasteiger charge is -2.40. The van der Waals surface area contributed by atoms with Crippen LogP contribution in [0, 0.1) is 11.3 Å². The van der Waals surface area contributed by atoms with Gasteiger partial charge >= 0.3 is 0 Å². The van der Waals surface area contributed by atoms with Crippen molar-refractivity contribution in [3.63, 3.8) is 0 Å². The van der Waals surface area contributed by atoms with Crippen molar-refractivity contribution in [3.8, 4) is 0 Å². The molecule has 0 bridgehead atoms. The predicted octanol–water partition coefficient (Wildman–Crippen LogP) is 3.37. The van der Waals surface area contributed by atoms with Crippen LogP contribution in [0.15, 0.2) is 12.7 Å². The van der Waals surface area contributed by atoms with E-state index in [1.165, 1.54) is 25.7 Å². The SMILES string of the molecule is C=CCNC1CCCCC1C(C)(C)C. The molecule has 1 nitrogen and oxygen atoms in total. The second kappa shape index (κ2) is 4.97. The van der Waals surface area contributed by atoms with E-state index in [0.717, 1.165) is 12.5 Å². The van der Waals surface area contributed by atoms with Crippen molar-refractivity contribution in [3.05, 3.63) is 12.7 Å². The number of hydrogen-bond donors (Lipinski definition) is 1.